The van der Waals surface area contributed by atoms with Crippen LogP contribution in [0.4, 0.5) is 0 Å². The molecule has 3 rings (SSSR count). The summed E-state index contributed by atoms with van der Waals surface area (Å²) in [6.07, 6.45) is 1.97. The molecule has 24 heavy (non-hydrogen) atoms. The maximum Gasteiger partial charge on any atom is 0.228 e. The van der Waals surface area contributed by atoms with Gasteiger partial charge in [0.25, 0.3) is 0 Å². The standard InChI is InChI=1S/C17H16Cl2N2O3/c1-9-6-10(18)7-13(19)12(9)8-21-16(23)11-3-5-24-17-15(11)14(22)2-4-20-17/h2,4,6-7,11H,3,5,8H2,1H3,(H,20,22)(H,21,23). The number of aryl methyl sites for hydroxylation is 1. The molecule has 1 aliphatic heterocycles. The second-order valence-electron chi connectivity index (χ2n) is 5.68. The number of hydrogen-bond acceptors (Lipinski definition) is 3. The molecule has 1 atom stereocenters. The van der Waals surface area contributed by atoms with Crippen LogP contribution >= 0.6 is 23.2 Å². The lowest BCUT2D eigenvalue weighted by molar-refractivity contribution is -0.123. The van der Waals surface area contributed by atoms with Crippen LogP contribution in [0.3, 0.4) is 0 Å². The zero-order chi connectivity index (χ0) is 17.3. The second kappa shape index (κ2) is 6.87. The van der Waals surface area contributed by atoms with Gasteiger partial charge in [-0.2, -0.15) is 0 Å². The summed E-state index contributed by atoms with van der Waals surface area (Å²) in [5.74, 6) is -0.388. The van der Waals surface area contributed by atoms with Crippen molar-refractivity contribution in [1.82, 2.24) is 10.3 Å². The van der Waals surface area contributed by atoms with Gasteiger partial charge in [-0.1, -0.05) is 23.2 Å². The number of amides is 1. The predicted molar refractivity (Wildman–Crippen MR) is 93.0 cm³/mol. The average molecular weight is 367 g/mol. The van der Waals surface area contributed by atoms with Crippen molar-refractivity contribution in [3.05, 3.63) is 61.4 Å². The fraction of sp³-hybridized carbons (Fsp3) is 0.294. The zero-order valence-corrected chi connectivity index (χ0v) is 14.5. The van der Waals surface area contributed by atoms with Crippen LogP contribution in [0.15, 0.2) is 29.2 Å². The molecule has 0 aliphatic carbocycles. The van der Waals surface area contributed by atoms with Gasteiger partial charge in [0, 0.05) is 28.9 Å². The van der Waals surface area contributed by atoms with Crippen LogP contribution in [-0.4, -0.2) is 17.5 Å². The normalized spacial score (nSPS) is 16.2. The number of nitrogens with one attached hydrogen (secondary N) is 2. The molecule has 2 heterocycles. The van der Waals surface area contributed by atoms with Crippen LogP contribution in [0, 0.1) is 6.92 Å². The van der Waals surface area contributed by atoms with Crippen LogP contribution in [0.2, 0.25) is 10.0 Å². The summed E-state index contributed by atoms with van der Waals surface area (Å²) >= 11 is 12.2. The molecular formula is C17H16Cl2N2O3. The number of ether oxygens (including phenoxy) is 1. The molecule has 1 aromatic heterocycles. The molecule has 7 heteroatoms. The highest BCUT2D eigenvalue weighted by Gasteiger charge is 2.30. The van der Waals surface area contributed by atoms with Crippen molar-refractivity contribution in [2.24, 2.45) is 0 Å². The minimum atomic E-state index is -0.537. The lowest BCUT2D eigenvalue weighted by Gasteiger charge is -2.24. The van der Waals surface area contributed by atoms with Crippen LogP contribution in [0.25, 0.3) is 0 Å². The van der Waals surface area contributed by atoms with E-state index in [4.69, 9.17) is 27.9 Å². The van der Waals surface area contributed by atoms with Gasteiger partial charge < -0.3 is 15.0 Å². The average Bonchev–Trinajstić information content (AvgIpc) is 2.53. The summed E-state index contributed by atoms with van der Waals surface area (Å²) in [5.41, 5.74) is 1.88. The Kier molecular flexibility index (Phi) is 4.83. The van der Waals surface area contributed by atoms with Crippen LogP contribution in [0.1, 0.15) is 29.0 Å². The number of pyridine rings is 1. The lowest BCUT2D eigenvalue weighted by Crippen LogP contribution is -2.35. The minimum Gasteiger partial charge on any atom is -0.479 e. The summed E-state index contributed by atoms with van der Waals surface area (Å²) in [7, 11) is 0. The Morgan fingerprint density at radius 2 is 2.21 bits per heavy atom. The monoisotopic (exact) mass is 366 g/mol. The highest BCUT2D eigenvalue weighted by atomic mass is 35.5. The Labute approximate surface area is 148 Å². The van der Waals surface area contributed by atoms with E-state index >= 15 is 0 Å². The summed E-state index contributed by atoms with van der Waals surface area (Å²) in [6, 6.07) is 4.84. The number of halogens is 2. The second-order valence-corrected chi connectivity index (χ2v) is 6.52. The maximum atomic E-state index is 12.6. The summed E-state index contributed by atoms with van der Waals surface area (Å²) in [6.45, 7) is 2.54. The quantitative estimate of drug-likeness (QED) is 0.876. The Morgan fingerprint density at radius 3 is 2.96 bits per heavy atom. The molecule has 0 saturated carbocycles. The van der Waals surface area contributed by atoms with E-state index in [9.17, 15) is 9.59 Å². The molecule has 0 saturated heterocycles. The maximum absolute atomic E-state index is 12.6. The van der Waals surface area contributed by atoms with Crippen molar-refractivity contribution in [3.63, 3.8) is 0 Å². The van der Waals surface area contributed by atoms with Gasteiger partial charge in [-0.25, -0.2) is 0 Å². The lowest BCUT2D eigenvalue weighted by atomic mass is 9.93. The van der Waals surface area contributed by atoms with Crippen LogP contribution < -0.4 is 15.5 Å². The topological polar surface area (TPSA) is 71.2 Å². The zero-order valence-electron chi connectivity index (χ0n) is 13.0. The molecule has 126 valence electrons. The molecule has 0 spiro atoms. The predicted octanol–water partition coefficient (Wildman–Crippen LogP) is 3.17. The van der Waals surface area contributed by atoms with E-state index < -0.39 is 5.92 Å². The van der Waals surface area contributed by atoms with Gasteiger partial charge in [0.1, 0.15) is 0 Å². The highest BCUT2D eigenvalue weighted by molar-refractivity contribution is 6.35. The molecular weight excluding hydrogens is 351 g/mol. The van der Waals surface area contributed by atoms with Crippen molar-refractivity contribution in [3.8, 4) is 5.88 Å². The first-order valence-electron chi connectivity index (χ1n) is 7.54. The van der Waals surface area contributed by atoms with E-state index in [-0.39, 0.29) is 17.9 Å². The molecule has 1 unspecified atom stereocenters. The van der Waals surface area contributed by atoms with Crippen molar-refractivity contribution < 1.29 is 9.53 Å². The van der Waals surface area contributed by atoms with Gasteiger partial charge >= 0.3 is 0 Å². The van der Waals surface area contributed by atoms with E-state index in [1.165, 1.54) is 12.3 Å². The molecule has 0 radical (unpaired) electrons. The van der Waals surface area contributed by atoms with Gasteiger partial charge in [0.15, 0.2) is 11.3 Å². The van der Waals surface area contributed by atoms with Gasteiger partial charge in [-0.15, -0.1) is 0 Å². The first-order chi connectivity index (χ1) is 11.5. The van der Waals surface area contributed by atoms with Crippen molar-refractivity contribution in [2.45, 2.75) is 25.8 Å². The first kappa shape index (κ1) is 16.9. The van der Waals surface area contributed by atoms with E-state index in [0.717, 1.165) is 11.1 Å². The fourth-order valence-corrected chi connectivity index (χ4v) is 3.52. The third-order valence-corrected chi connectivity index (χ3v) is 4.66. The fourth-order valence-electron chi connectivity index (χ4n) is 2.86. The molecule has 1 amide bonds. The molecule has 0 bridgehead atoms. The van der Waals surface area contributed by atoms with Gasteiger partial charge in [-0.3, -0.25) is 9.59 Å². The van der Waals surface area contributed by atoms with Crippen LogP contribution in [-0.2, 0) is 11.3 Å². The number of H-pyrrole nitrogens is 1. The molecule has 0 fully saturated rings. The largest absolute Gasteiger partial charge is 0.479 e. The van der Waals surface area contributed by atoms with Crippen molar-refractivity contribution >= 4 is 29.1 Å². The highest BCUT2D eigenvalue weighted by Crippen LogP contribution is 2.30. The number of hydrogen-bond donors (Lipinski definition) is 2. The number of carbonyl (C=O) groups excluding carboxylic acids is 1. The number of rotatable bonds is 3. The van der Waals surface area contributed by atoms with Gasteiger partial charge in [0.2, 0.25) is 5.91 Å². The van der Waals surface area contributed by atoms with Gasteiger partial charge in [0.05, 0.1) is 18.1 Å². The molecule has 1 aromatic carbocycles. The van der Waals surface area contributed by atoms with Crippen molar-refractivity contribution in [1.29, 1.82) is 0 Å². The summed E-state index contributed by atoms with van der Waals surface area (Å²) in [5, 5.41) is 3.92. The SMILES string of the molecule is Cc1cc(Cl)cc(Cl)c1CNC(=O)C1CCOc2[nH]ccc(=O)c21. The Balaban J connectivity index is 1.79. The number of aromatic nitrogens is 1. The smallest absolute Gasteiger partial charge is 0.228 e. The van der Waals surface area contributed by atoms with Crippen LogP contribution in [0.5, 0.6) is 5.88 Å². The molecule has 1 aliphatic rings. The third-order valence-electron chi connectivity index (χ3n) is 4.10. The van der Waals surface area contributed by atoms with E-state index in [0.29, 0.717) is 34.5 Å². The van der Waals surface area contributed by atoms with Crippen molar-refractivity contribution in [2.75, 3.05) is 6.61 Å². The first-order valence-corrected chi connectivity index (χ1v) is 8.29. The Morgan fingerprint density at radius 1 is 1.42 bits per heavy atom. The number of carbonyl (C=O) groups is 1. The Bertz CT molecular complexity index is 825. The Hall–Kier alpha value is -1.98. The van der Waals surface area contributed by atoms with E-state index in [1.807, 2.05) is 6.92 Å². The minimum absolute atomic E-state index is 0.204. The summed E-state index contributed by atoms with van der Waals surface area (Å²) in [4.78, 5) is 27.5. The number of aromatic amines is 1. The molecule has 2 N–H and O–H groups in total. The molecule has 2 aromatic rings. The van der Waals surface area contributed by atoms with E-state index in [2.05, 4.69) is 10.3 Å². The number of benzene rings is 1. The summed E-state index contributed by atoms with van der Waals surface area (Å²) < 4.78 is 5.43. The number of fused-ring (bicyclic) bond motifs is 1. The molecule has 5 nitrogen and oxygen atoms in total. The third kappa shape index (κ3) is 3.28. The van der Waals surface area contributed by atoms with Gasteiger partial charge in [-0.05, 0) is 36.6 Å². The van der Waals surface area contributed by atoms with E-state index in [1.54, 1.807) is 12.1 Å².